The van der Waals surface area contributed by atoms with Gasteiger partial charge in [-0.3, -0.25) is 0 Å². The van der Waals surface area contributed by atoms with Gasteiger partial charge in [0.25, 0.3) is 0 Å². The van der Waals surface area contributed by atoms with Gasteiger partial charge in [-0.1, -0.05) is 11.6 Å². The molecule has 114 valence electrons. The molecular weight excluding hydrogens is 288 g/mol. The molecule has 0 amide bonds. The van der Waals surface area contributed by atoms with Crippen LogP contribution in [-0.4, -0.2) is 59.7 Å². The number of piperazine rings is 1. The molecule has 5 nitrogen and oxygen atoms in total. The number of rotatable bonds is 3. The van der Waals surface area contributed by atoms with Crippen molar-refractivity contribution in [2.45, 2.75) is 13.5 Å². The van der Waals surface area contributed by atoms with Crippen LogP contribution in [-0.2, 0) is 11.3 Å². The molecular formula is C15H21ClN4O. The zero-order valence-corrected chi connectivity index (χ0v) is 13.3. The Morgan fingerprint density at radius 1 is 1.29 bits per heavy atom. The summed E-state index contributed by atoms with van der Waals surface area (Å²) >= 11 is 6.02. The highest BCUT2D eigenvalue weighted by molar-refractivity contribution is 6.29. The zero-order valence-electron chi connectivity index (χ0n) is 12.5. The summed E-state index contributed by atoms with van der Waals surface area (Å²) in [6.45, 7) is 7.69. The summed E-state index contributed by atoms with van der Waals surface area (Å²) in [5.74, 6) is 0.877. The van der Waals surface area contributed by atoms with E-state index < -0.39 is 0 Å². The fourth-order valence-electron chi connectivity index (χ4n) is 2.74. The van der Waals surface area contributed by atoms with Crippen molar-refractivity contribution in [3.8, 4) is 0 Å². The van der Waals surface area contributed by atoms with E-state index >= 15 is 0 Å². The SMILES string of the molecule is CCOC1=CN(N2CCN(C)CC2)Cc2cnc(Cl)cc21. The van der Waals surface area contributed by atoms with Crippen molar-refractivity contribution in [2.24, 2.45) is 0 Å². The highest BCUT2D eigenvalue weighted by Crippen LogP contribution is 2.29. The molecule has 0 unspecified atom stereocenters. The quantitative estimate of drug-likeness (QED) is 0.798. The average molecular weight is 309 g/mol. The minimum Gasteiger partial charge on any atom is -0.492 e. The Labute approximate surface area is 130 Å². The standard InChI is InChI=1S/C15H21ClN4O/c1-3-21-14-11-20(19-6-4-18(2)5-7-19)10-12-9-17-15(16)8-13(12)14/h8-9,11H,3-7,10H2,1-2H3. The summed E-state index contributed by atoms with van der Waals surface area (Å²) in [4.78, 5) is 6.56. The molecule has 1 aromatic rings. The van der Waals surface area contributed by atoms with Crippen LogP contribution in [0, 0.1) is 0 Å². The van der Waals surface area contributed by atoms with Crippen molar-refractivity contribution >= 4 is 17.4 Å². The number of hydrazine groups is 1. The lowest BCUT2D eigenvalue weighted by atomic mass is 10.1. The van der Waals surface area contributed by atoms with Crippen LogP contribution in [0.2, 0.25) is 5.15 Å². The van der Waals surface area contributed by atoms with Crippen LogP contribution >= 0.6 is 11.6 Å². The summed E-state index contributed by atoms with van der Waals surface area (Å²) in [6.07, 6.45) is 3.94. The second-order valence-electron chi connectivity index (χ2n) is 5.45. The molecule has 0 atom stereocenters. The van der Waals surface area contributed by atoms with Gasteiger partial charge in [0.2, 0.25) is 0 Å². The van der Waals surface area contributed by atoms with Crippen molar-refractivity contribution < 1.29 is 4.74 Å². The predicted octanol–water partition coefficient (Wildman–Crippen LogP) is 2.05. The summed E-state index contributed by atoms with van der Waals surface area (Å²) in [7, 11) is 2.16. The number of aromatic nitrogens is 1. The number of pyridine rings is 1. The van der Waals surface area contributed by atoms with E-state index in [4.69, 9.17) is 16.3 Å². The van der Waals surface area contributed by atoms with Gasteiger partial charge in [-0.05, 0) is 20.0 Å². The Hall–Kier alpha value is -1.30. The minimum atomic E-state index is 0.507. The van der Waals surface area contributed by atoms with Crippen LogP contribution in [0.4, 0.5) is 0 Å². The second kappa shape index (κ2) is 6.22. The third-order valence-corrected chi connectivity index (χ3v) is 4.17. The molecule has 1 aromatic heterocycles. The van der Waals surface area contributed by atoms with E-state index in [1.165, 1.54) is 0 Å². The lowest BCUT2D eigenvalue weighted by Crippen LogP contribution is -2.51. The number of halogens is 1. The van der Waals surface area contributed by atoms with Crippen LogP contribution in [0.5, 0.6) is 0 Å². The summed E-state index contributed by atoms with van der Waals surface area (Å²) in [5.41, 5.74) is 2.21. The highest BCUT2D eigenvalue weighted by Gasteiger charge is 2.25. The third-order valence-electron chi connectivity index (χ3n) is 3.96. The van der Waals surface area contributed by atoms with E-state index in [9.17, 15) is 0 Å². The maximum atomic E-state index is 6.02. The normalized spacial score (nSPS) is 20.1. The molecule has 0 bridgehead atoms. The van der Waals surface area contributed by atoms with Crippen molar-refractivity contribution in [1.29, 1.82) is 0 Å². The van der Waals surface area contributed by atoms with Gasteiger partial charge in [-0.2, -0.15) is 0 Å². The maximum Gasteiger partial charge on any atom is 0.144 e. The lowest BCUT2D eigenvalue weighted by molar-refractivity contribution is -0.0243. The van der Waals surface area contributed by atoms with Crippen LogP contribution in [0.15, 0.2) is 18.5 Å². The van der Waals surface area contributed by atoms with Crippen molar-refractivity contribution in [3.63, 3.8) is 0 Å². The topological polar surface area (TPSA) is 31.8 Å². The van der Waals surface area contributed by atoms with Crippen molar-refractivity contribution in [3.05, 3.63) is 34.7 Å². The largest absolute Gasteiger partial charge is 0.492 e. The number of hydrogen-bond donors (Lipinski definition) is 0. The molecule has 0 aromatic carbocycles. The molecule has 6 heteroatoms. The summed E-state index contributed by atoms with van der Waals surface area (Å²) in [5, 5.41) is 5.12. The average Bonchev–Trinajstić information content (AvgIpc) is 2.48. The monoisotopic (exact) mass is 308 g/mol. The first-order chi connectivity index (χ1) is 10.2. The fourth-order valence-corrected chi connectivity index (χ4v) is 2.90. The maximum absolute atomic E-state index is 6.02. The molecule has 0 N–H and O–H groups in total. The van der Waals surface area contributed by atoms with Crippen LogP contribution in [0.1, 0.15) is 18.1 Å². The second-order valence-corrected chi connectivity index (χ2v) is 5.83. The van der Waals surface area contributed by atoms with E-state index in [2.05, 4.69) is 33.1 Å². The van der Waals surface area contributed by atoms with Crippen LogP contribution in [0.25, 0.3) is 5.76 Å². The van der Waals surface area contributed by atoms with Gasteiger partial charge >= 0.3 is 0 Å². The molecule has 1 fully saturated rings. The molecule has 2 aliphatic heterocycles. The number of likely N-dealkylation sites (N-methyl/N-ethyl adjacent to an activating group) is 1. The van der Waals surface area contributed by atoms with Gasteiger partial charge < -0.3 is 14.6 Å². The Bertz CT molecular complexity index is 540. The highest BCUT2D eigenvalue weighted by atomic mass is 35.5. The minimum absolute atomic E-state index is 0.507. The molecule has 21 heavy (non-hydrogen) atoms. The molecule has 3 rings (SSSR count). The predicted molar refractivity (Wildman–Crippen MR) is 83.5 cm³/mol. The smallest absolute Gasteiger partial charge is 0.144 e. The van der Waals surface area contributed by atoms with E-state index in [1.807, 2.05) is 19.2 Å². The number of hydrogen-bond acceptors (Lipinski definition) is 5. The van der Waals surface area contributed by atoms with E-state index in [1.54, 1.807) is 0 Å². The lowest BCUT2D eigenvalue weighted by Gasteiger charge is -2.41. The summed E-state index contributed by atoms with van der Waals surface area (Å²) < 4.78 is 5.80. The first-order valence-electron chi connectivity index (χ1n) is 7.37. The number of fused-ring (bicyclic) bond motifs is 1. The molecule has 0 saturated carbocycles. The Balaban J connectivity index is 1.85. The van der Waals surface area contributed by atoms with Crippen LogP contribution in [0.3, 0.4) is 0 Å². The third kappa shape index (κ3) is 3.15. The van der Waals surface area contributed by atoms with Gasteiger partial charge in [0, 0.05) is 43.5 Å². The van der Waals surface area contributed by atoms with Crippen molar-refractivity contribution in [1.82, 2.24) is 19.9 Å². The van der Waals surface area contributed by atoms with E-state index in [0.29, 0.717) is 11.8 Å². The molecule has 3 heterocycles. The Morgan fingerprint density at radius 3 is 2.76 bits per heavy atom. The van der Waals surface area contributed by atoms with Crippen LogP contribution < -0.4 is 0 Å². The number of ether oxygens (including phenoxy) is 1. The molecule has 0 radical (unpaired) electrons. The molecule has 1 saturated heterocycles. The number of nitrogens with zero attached hydrogens (tertiary/aromatic N) is 4. The fraction of sp³-hybridized carbons (Fsp3) is 0.533. The Kier molecular flexibility index (Phi) is 4.33. The first-order valence-corrected chi connectivity index (χ1v) is 7.74. The Morgan fingerprint density at radius 2 is 2.05 bits per heavy atom. The summed E-state index contributed by atoms with van der Waals surface area (Å²) in [6, 6.07) is 1.89. The molecule has 0 spiro atoms. The van der Waals surface area contributed by atoms with E-state index in [-0.39, 0.29) is 0 Å². The van der Waals surface area contributed by atoms with Gasteiger partial charge in [0.1, 0.15) is 10.9 Å². The zero-order chi connectivity index (χ0) is 14.8. The van der Waals surface area contributed by atoms with Gasteiger partial charge in [-0.15, -0.1) is 0 Å². The molecule has 2 aliphatic rings. The van der Waals surface area contributed by atoms with Gasteiger partial charge in [-0.25, -0.2) is 9.99 Å². The van der Waals surface area contributed by atoms with Gasteiger partial charge in [0.15, 0.2) is 0 Å². The first kappa shape index (κ1) is 14.6. The van der Waals surface area contributed by atoms with Gasteiger partial charge in [0.05, 0.1) is 19.4 Å². The molecule has 0 aliphatic carbocycles. The van der Waals surface area contributed by atoms with E-state index in [0.717, 1.165) is 49.6 Å². The van der Waals surface area contributed by atoms with Crippen molar-refractivity contribution in [2.75, 3.05) is 39.8 Å².